The molecule has 7 nitrogen and oxygen atoms in total. The van der Waals surface area contributed by atoms with Crippen molar-refractivity contribution in [3.05, 3.63) is 18.2 Å². The molecule has 3 rings (SSSR count). The molecule has 1 N–H and O–H groups in total. The predicted molar refractivity (Wildman–Crippen MR) is 108 cm³/mol. The molecule has 1 aromatic carbocycles. The first kappa shape index (κ1) is 20.3. The number of benzene rings is 1. The number of anilines is 1. The third-order valence-electron chi connectivity index (χ3n) is 4.75. The lowest BCUT2D eigenvalue weighted by Gasteiger charge is -2.28. The second-order valence-corrected chi connectivity index (χ2v) is 8.38. The quantitative estimate of drug-likeness (QED) is 0.812. The van der Waals surface area contributed by atoms with Crippen LogP contribution in [0.15, 0.2) is 18.2 Å². The maximum absolute atomic E-state index is 12.8. The highest BCUT2D eigenvalue weighted by Gasteiger charge is 2.33. The summed E-state index contributed by atoms with van der Waals surface area (Å²) >= 11 is 0. The fraction of sp³-hybridized carbons (Fsp3) is 0.619. The van der Waals surface area contributed by atoms with Crippen molar-refractivity contribution in [2.75, 3.05) is 37.7 Å². The van der Waals surface area contributed by atoms with Crippen LogP contribution >= 0.6 is 0 Å². The molecule has 28 heavy (non-hydrogen) atoms. The van der Waals surface area contributed by atoms with Gasteiger partial charge in [0.05, 0.1) is 6.04 Å². The van der Waals surface area contributed by atoms with Crippen molar-refractivity contribution in [1.82, 2.24) is 10.2 Å². The van der Waals surface area contributed by atoms with E-state index in [2.05, 4.69) is 33.0 Å². The summed E-state index contributed by atoms with van der Waals surface area (Å²) in [5.74, 6) is 2.14. The largest absolute Gasteiger partial charge is 0.486 e. The molecule has 0 saturated carbocycles. The Hall–Kier alpha value is -2.44. The number of hydrogen-bond donors (Lipinski definition) is 1. The van der Waals surface area contributed by atoms with E-state index in [1.807, 2.05) is 23.1 Å². The molecule has 2 heterocycles. The second kappa shape index (κ2) is 8.71. The van der Waals surface area contributed by atoms with Gasteiger partial charge in [0.2, 0.25) is 5.91 Å². The first-order valence-electron chi connectivity index (χ1n) is 10.1. The van der Waals surface area contributed by atoms with Gasteiger partial charge in [0.25, 0.3) is 0 Å². The van der Waals surface area contributed by atoms with Gasteiger partial charge >= 0.3 is 6.03 Å². The zero-order valence-corrected chi connectivity index (χ0v) is 17.2. The molecule has 0 radical (unpaired) electrons. The maximum Gasteiger partial charge on any atom is 0.317 e. The smallest absolute Gasteiger partial charge is 0.317 e. The zero-order chi connectivity index (χ0) is 20.3. The average Bonchev–Trinajstić information content (AvgIpc) is 3.00. The number of hydrogen-bond acceptors (Lipinski definition) is 4. The molecule has 154 valence electrons. The minimum atomic E-state index is -0.199. The van der Waals surface area contributed by atoms with Crippen LogP contribution in [0, 0.1) is 11.8 Å². The predicted octanol–water partition coefficient (Wildman–Crippen LogP) is 2.89. The summed E-state index contributed by atoms with van der Waals surface area (Å²) in [6.45, 7) is 11.3. The van der Waals surface area contributed by atoms with Crippen molar-refractivity contribution in [2.24, 2.45) is 11.8 Å². The zero-order valence-electron chi connectivity index (χ0n) is 17.2. The molecule has 2 aliphatic rings. The van der Waals surface area contributed by atoms with Gasteiger partial charge < -0.3 is 24.6 Å². The normalized spacial score (nSPS) is 18.7. The van der Waals surface area contributed by atoms with Crippen LogP contribution in [0.4, 0.5) is 10.5 Å². The molecule has 1 aromatic rings. The van der Waals surface area contributed by atoms with Crippen molar-refractivity contribution in [3.63, 3.8) is 0 Å². The number of urea groups is 1. The van der Waals surface area contributed by atoms with E-state index < -0.39 is 0 Å². The minimum Gasteiger partial charge on any atom is -0.486 e. The van der Waals surface area contributed by atoms with E-state index in [1.165, 1.54) is 0 Å². The fourth-order valence-electron chi connectivity index (χ4n) is 3.64. The lowest BCUT2D eigenvalue weighted by Crippen LogP contribution is -2.48. The number of amides is 3. The van der Waals surface area contributed by atoms with Crippen molar-refractivity contribution in [1.29, 1.82) is 0 Å². The van der Waals surface area contributed by atoms with Gasteiger partial charge in [-0.1, -0.05) is 27.7 Å². The Morgan fingerprint density at radius 1 is 1.14 bits per heavy atom. The molecule has 1 fully saturated rings. The molecule has 3 amide bonds. The third-order valence-corrected chi connectivity index (χ3v) is 4.75. The highest BCUT2D eigenvalue weighted by atomic mass is 16.6. The summed E-state index contributed by atoms with van der Waals surface area (Å²) < 4.78 is 11.2. The summed E-state index contributed by atoms with van der Waals surface area (Å²) in [7, 11) is 0. The Kier molecular flexibility index (Phi) is 6.31. The molecule has 0 spiro atoms. The lowest BCUT2D eigenvalue weighted by molar-refractivity contribution is -0.117. The van der Waals surface area contributed by atoms with Gasteiger partial charge in [0.1, 0.15) is 13.2 Å². The minimum absolute atomic E-state index is 0.00115. The van der Waals surface area contributed by atoms with E-state index in [9.17, 15) is 9.59 Å². The summed E-state index contributed by atoms with van der Waals surface area (Å²) in [5, 5.41) is 3.05. The molecule has 0 aromatic heterocycles. The van der Waals surface area contributed by atoms with Gasteiger partial charge in [-0.2, -0.15) is 0 Å². The monoisotopic (exact) mass is 389 g/mol. The standard InChI is InChI=1S/C21H31N3O4/c1-14(2)11-23(12-15(3)4)21(26)22-16-9-20(25)24(13-16)17-5-6-18-19(10-17)28-8-7-27-18/h5-6,10,14-16H,7-9,11-13H2,1-4H3,(H,22,26)/t16-/m0/s1. The lowest BCUT2D eigenvalue weighted by atomic mass is 10.1. The first-order chi connectivity index (χ1) is 13.3. The maximum atomic E-state index is 12.8. The van der Waals surface area contributed by atoms with Crippen LogP contribution < -0.4 is 19.7 Å². The van der Waals surface area contributed by atoms with Crippen LogP contribution in [0.3, 0.4) is 0 Å². The molecule has 2 aliphatic heterocycles. The molecule has 1 atom stereocenters. The van der Waals surface area contributed by atoms with Crippen LogP contribution in [-0.2, 0) is 4.79 Å². The van der Waals surface area contributed by atoms with Gasteiger partial charge in [0, 0.05) is 37.8 Å². The van der Waals surface area contributed by atoms with Gasteiger partial charge in [-0.25, -0.2) is 4.79 Å². The third kappa shape index (κ3) is 4.88. The Morgan fingerprint density at radius 3 is 2.43 bits per heavy atom. The highest BCUT2D eigenvalue weighted by Crippen LogP contribution is 2.35. The number of carbonyl (C=O) groups is 2. The summed E-state index contributed by atoms with van der Waals surface area (Å²) in [6, 6.07) is 5.23. The van der Waals surface area contributed by atoms with Crippen molar-refractivity contribution >= 4 is 17.6 Å². The van der Waals surface area contributed by atoms with E-state index in [1.54, 1.807) is 4.90 Å². The number of carbonyl (C=O) groups excluding carboxylic acids is 2. The topological polar surface area (TPSA) is 71.1 Å². The molecular formula is C21H31N3O4. The SMILES string of the molecule is CC(C)CN(CC(C)C)C(=O)N[C@H]1CC(=O)N(c2ccc3c(c2)OCCO3)C1. The summed E-state index contributed by atoms with van der Waals surface area (Å²) in [4.78, 5) is 28.9. The van der Waals surface area contributed by atoms with E-state index in [0.29, 0.717) is 62.6 Å². The molecule has 0 bridgehead atoms. The highest BCUT2D eigenvalue weighted by molar-refractivity contribution is 5.97. The van der Waals surface area contributed by atoms with Crippen LogP contribution in [-0.4, -0.2) is 55.7 Å². The van der Waals surface area contributed by atoms with Crippen LogP contribution in [0.5, 0.6) is 11.5 Å². The van der Waals surface area contributed by atoms with Gasteiger partial charge in [-0.05, 0) is 24.0 Å². The first-order valence-corrected chi connectivity index (χ1v) is 10.1. The Labute approximate surface area is 167 Å². The van der Waals surface area contributed by atoms with Crippen molar-refractivity contribution < 1.29 is 19.1 Å². The summed E-state index contributed by atoms with van der Waals surface area (Å²) in [5.41, 5.74) is 0.771. The van der Waals surface area contributed by atoms with Crippen molar-refractivity contribution in [3.8, 4) is 11.5 Å². The van der Waals surface area contributed by atoms with Gasteiger partial charge in [0.15, 0.2) is 11.5 Å². The molecule has 1 saturated heterocycles. The number of fused-ring (bicyclic) bond motifs is 1. The number of rotatable bonds is 6. The van der Waals surface area contributed by atoms with E-state index in [-0.39, 0.29) is 18.0 Å². The number of nitrogens with one attached hydrogen (secondary N) is 1. The van der Waals surface area contributed by atoms with Gasteiger partial charge in [-0.3, -0.25) is 4.79 Å². The van der Waals surface area contributed by atoms with Crippen LogP contribution in [0.25, 0.3) is 0 Å². The van der Waals surface area contributed by atoms with E-state index >= 15 is 0 Å². The molecule has 7 heteroatoms. The summed E-state index contributed by atoms with van der Waals surface area (Å²) in [6.07, 6.45) is 0.303. The Morgan fingerprint density at radius 2 is 1.79 bits per heavy atom. The van der Waals surface area contributed by atoms with Crippen LogP contribution in [0.1, 0.15) is 34.1 Å². The Balaban J connectivity index is 1.64. The molecule has 0 unspecified atom stereocenters. The number of nitrogens with zero attached hydrogens (tertiary/aromatic N) is 2. The Bertz CT molecular complexity index is 710. The van der Waals surface area contributed by atoms with Crippen molar-refractivity contribution in [2.45, 2.75) is 40.2 Å². The van der Waals surface area contributed by atoms with E-state index in [4.69, 9.17) is 9.47 Å². The van der Waals surface area contributed by atoms with Gasteiger partial charge in [-0.15, -0.1) is 0 Å². The van der Waals surface area contributed by atoms with E-state index in [0.717, 1.165) is 5.69 Å². The molecule has 0 aliphatic carbocycles. The molecular weight excluding hydrogens is 358 g/mol. The average molecular weight is 389 g/mol. The fourth-order valence-corrected chi connectivity index (χ4v) is 3.64. The van der Waals surface area contributed by atoms with Crippen LogP contribution in [0.2, 0.25) is 0 Å². The number of ether oxygens (including phenoxy) is 2. The second-order valence-electron chi connectivity index (χ2n) is 8.38.